The predicted octanol–water partition coefficient (Wildman–Crippen LogP) is 3.04. The smallest absolute Gasteiger partial charge is 0.119 e. The first-order valence-corrected chi connectivity index (χ1v) is 4.53. The molecule has 0 aromatic heterocycles. The molecular formula is C12H13NO. The molecule has 0 bridgehead atoms. The fourth-order valence-electron chi connectivity index (χ4n) is 1.48. The van der Waals surface area contributed by atoms with Gasteiger partial charge in [0, 0.05) is 16.9 Å². The van der Waals surface area contributed by atoms with Gasteiger partial charge in [0.25, 0.3) is 0 Å². The van der Waals surface area contributed by atoms with Crippen LogP contribution in [0.3, 0.4) is 0 Å². The molecule has 2 nitrogen and oxygen atoms in total. The Bertz CT molecular complexity index is 418. The minimum Gasteiger partial charge on any atom is -0.497 e. The summed E-state index contributed by atoms with van der Waals surface area (Å²) in [5, 5.41) is 3.24. The third-order valence-corrected chi connectivity index (χ3v) is 2.39. The molecule has 1 heterocycles. The van der Waals surface area contributed by atoms with Crippen LogP contribution in [-0.2, 0) is 0 Å². The van der Waals surface area contributed by atoms with Gasteiger partial charge in [-0.15, -0.1) is 0 Å². The molecule has 1 aliphatic heterocycles. The first-order valence-electron chi connectivity index (χ1n) is 4.53. The van der Waals surface area contributed by atoms with E-state index in [1.54, 1.807) is 7.11 Å². The number of fused-ring (bicyclic) bond motifs is 1. The number of benzene rings is 1. The van der Waals surface area contributed by atoms with Gasteiger partial charge in [-0.3, -0.25) is 0 Å². The lowest BCUT2D eigenvalue weighted by atomic mass is 10.0. The highest BCUT2D eigenvalue weighted by Crippen LogP contribution is 2.30. The van der Waals surface area contributed by atoms with Crippen molar-refractivity contribution in [3.63, 3.8) is 0 Å². The number of rotatable bonds is 1. The summed E-state index contributed by atoms with van der Waals surface area (Å²) in [6.45, 7) is 5.97. The zero-order valence-electron chi connectivity index (χ0n) is 8.42. The molecule has 1 aromatic rings. The fourth-order valence-corrected chi connectivity index (χ4v) is 1.48. The zero-order valence-corrected chi connectivity index (χ0v) is 8.42. The molecule has 0 amide bonds. The highest BCUT2D eigenvalue weighted by molar-refractivity contribution is 5.78. The summed E-state index contributed by atoms with van der Waals surface area (Å²) in [7, 11) is 1.67. The van der Waals surface area contributed by atoms with Crippen LogP contribution in [0.2, 0.25) is 0 Å². The van der Waals surface area contributed by atoms with Crippen LogP contribution < -0.4 is 10.1 Å². The summed E-state index contributed by atoms with van der Waals surface area (Å²) in [6.07, 6.45) is 2.11. The Labute approximate surface area is 83.9 Å². The maximum absolute atomic E-state index is 5.16. The third kappa shape index (κ3) is 1.39. The van der Waals surface area contributed by atoms with Crippen LogP contribution in [0.4, 0.5) is 5.69 Å². The van der Waals surface area contributed by atoms with Crippen molar-refractivity contribution in [3.05, 3.63) is 41.6 Å². The number of hydrogen-bond donors (Lipinski definition) is 1. The van der Waals surface area contributed by atoms with Gasteiger partial charge in [0.1, 0.15) is 5.75 Å². The van der Waals surface area contributed by atoms with E-state index in [0.717, 1.165) is 28.3 Å². The van der Waals surface area contributed by atoms with Gasteiger partial charge >= 0.3 is 0 Å². The maximum atomic E-state index is 5.16. The molecule has 1 aromatic carbocycles. The largest absolute Gasteiger partial charge is 0.497 e. The Morgan fingerprint density at radius 1 is 1.36 bits per heavy atom. The van der Waals surface area contributed by atoms with Crippen LogP contribution in [0, 0.1) is 0 Å². The lowest BCUT2D eigenvalue weighted by Gasteiger charge is -2.19. The Morgan fingerprint density at radius 3 is 2.86 bits per heavy atom. The summed E-state index contributed by atoms with van der Waals surface area (Å²) in [4.78, 5) is 0. The van der Waals surface area contributed by atoms with Gasteiger partial charge in [-0.2, -0.15) is 0 Å². The van der Waals surface area contributed by atoms with E-state index < -0.39 is 0 Å². The number of hydrogen-bond acceptors (Lipinski definition) is 2. The average Bonchev–Trinajstić information content (AvgIpc) is 2.19. The van der Waals surface area contributed by atoms with E-state index in [1.165, 1.54) is 0 Å². The molecule has 0 atom stereocenters. The topological polar surface area (TPSA) is 21.3 Å². The summed E-state index contributed by atoms with van der Waals surface area (Å²) in [5.41, 5.74) is 4.35. The number of anilines is 1. The highest BCUT2D eigenvalue weighted by Gasteiger charge is 2.10. The van der Waals surface area contributed by atoms with Crippen LogP contribution in [0.25, 0.3) is 6.08 Å². The molecule has 2 rings (SSSR count). The second-order valence-electron chi connectivity index (χ2n) is 3.38. The molecule has 2 heteroatoms. The van der Waals surface area contributed by atoms with Crippen molar-refractivity contribution in [1.29, 1.82) is 0 Å². The molecule has 72 valence electrons. The summed E-state index contributed by atoms with van der Waals surface area (Å²) < 4.78 is 5.16. The van der Waals surface area contributed by atoms with Gasteiger partial charge < -0.3 is 10.1 Å². The van der Waals surface area contributed by atoms with Crippen LogP contribution in [0.5, 0.6) is 5.75 Å². The number of allylic oxidation sites excluding steroid dienone is 1. The second kappa shape index (κ2) is 3.22. The first kappa shape index (κ1) is 8.88. The van der Waals surface area contributed by atoms with Crippen molar-refractivity contribution in [2.24, 2.45) is 0 Å². The van der Waals surface area contributed by atoms with E-state index in [9.17, 15) is 0 Å². The van der Waals surface area contributed by atoms with Crippen molar-refractivity contribution in [2.75, 3.05) is 12.4 Å². The van der Waals surface area contributed by atoms with E-state index in [2.05, 4.69) is 18.0 Å². The van der Waals surface area contributed by atoms with E-state index in [0.29, 0.717) is 0 Å². The molecule has 1 aliphatic rings. The molecule has 0 radical (unpaired) electrons. The van der Waals surface area contributed by atoms with E-state index in [4.69, 9.17) is 4.74 Å². The molecule has 0 fully saturated rings. The lowest BCUT2D eigenvalue weighted by Crippen LogP contribution is -2.05. The summed E-state index contributed by atoms with van der Waals surface area (Å²) >= 11 is 0. The molecule has 0 aliphatic carbocycles. The lowest BCUT2D eigenvalue weighted by molar-refractivity contribution is 0.415. The van der Waals surface area contributed by atoms with Gasteiger partial charge in [0.05, 0.1) is 7.11 Å². The van der Waals surface area contributed by atoms with Crippen molar-refractivity contribution in [1.82, 2.24) is 0 Å². The van der Waals surface area contributed by atoms with Crippen LogP contribution in [0.15, 0.2) is 36.0 Å². The van der Waals surface area contributed by atoms with E-state index in [-0.39, 0.29) is 0 Å². The van der Waals surface area contributed by atoms with Crippen LogP contribution in [0.1, 0.15) is 12.5 Å². The average molecular weight is 187 g/mol. The standard InChI is InChI=1S/C12H13NO/c1-8-6-10-7-11(14-3)4-5-12(10)13-9(8)2/h4-7,13H,2H2,1,3H3. The molecule has 0 saturated heterocycles. The predicted molar refractivity (Wildman–Crippen MR) is 59.4 cm³/mol. The first-order chi connectivity index (χ1) is 6.70. The molecule has 1 N–H and O–H groups in total. The van der Waals surface area contributed by atoms with Gasteiger partial charge in [-0.1, -0.05) is 6.58 Å². The van der Waals surface area contributed by atoms with E-state index >= 15 is 0 Å². The Balaban J connectivity index is 2.50. The van der Waals surface area contributed by atoms with Gasteiger partial charge in [-0.25, -0.2) is 0 Å². The molecule has 0 saturated carbocycles. The van der Waals surface area contributed by atoms with Gasteiger partial charge in [0.2, 0.25) is 0 Å². The molecular weight excluding hydrogens is 174 g/mol. The SMILES string of the molecule is C=C1Nc2ccc(OC)cc2C=C1C. The Hall–Kier alpha value is -1.70. The minimum atomic E-state index is 0.877. The second-order valence-corrected chi connectivity index (χ2v) is 3.38. The molecule has 14 heavy (non-hydrogen) atoms. The zero-order chi connectivity index (χ0) is 10.1. The quantitative estimate of drug-likeness (QED) is 0.729. The number of ether oxygens (including phenoxy) is 1. The summed E-state index contributed by atoms with van der Waals surface area (Å²) in [6, 6.07) is 5.95. The molecule has 0 spiro atoms. The minimum absolute atomic E-state index is 0.877. The van der Waals surface area contributed by atoms with Crippen molar-refractivity contribution in [3.8, 4) is 5.75 Å². The highest BCUT2D eigenvalue weighted by atomic mass is 16.5. The third-order valence-electron chi connectivity index (χ3n) is 2.39. The summed E-state index contributed by atoms with van der Waals surface area (Å²) in [5.74, 6) is 0.877. The van der Waals surface area contributed by atoms with Gasteiger partial charge in [0.15, 0.2) is 0 Å². The molecule has 0 unspecified atom stereocenters. The van der Waals surface area contributed by atoms with Crippen LogP contribution in [-0.4, -0.2) is 7.11 Å². The number of methoxy groups -OCH3 is 1. The van der Waals surface area contributed by atoms with Crippen molar-refractivity contribution in [2.45, 2.75) is 6.92 Å². The maximum Gasteiger partial charge on any atom is 0.119 e. The monoisotopic (exact) mass is 187 g/mol. The van der Waals surface area contributed by atoms with Crippen molar-refractivity contribution < 1.29 is 4.74 Å². The van der Waals surface area contributed by atoms with Crippen LogP contribution >= 0.6 is 0 Å². The normalized spacial score (nSPS) is 14.1. The Kier molecular flexibility index (Phi) is 2.04. The number of nitrogens with one attached hydrogen (secondary N) is 1. The fraction of sp³-hybridized carbons (Fsp3) is 0.167. The Morgan fingerprint density at radius 2 is 2.14 bits per heavy atom. The van der Waals surface area contributed by atoms with Crippen molar-refractivity contribution >= 4 is 11.8 Å². The van der Waals surface area contributed by atoms with Gasteiger partial charge in [-0.05, 0) is 36.8 Å². The van der Waals surface area contributed by atoms with E-state index in [1.807, 2.05) is 25.1 Å².